The predicted molar refractivity (Wildman–Crippen MR) is 109 cm³/mol. The van der Waals surface area contributed by atoms with Crippen LogP contribution in [0.4, 0.5) is 11.4 Å². The van der Waals surface area contributed by atoms with Gasteiger partial charge < -0.3 is 15.0 Å². The number of rotatable bonds is 5. The highest BCUT2D eigenvalue weighted by molar-refractivity contribution is 5.78. The molecule has 0 spiro atoms. The summed E-state index contributed by atoms with van der Waals surface area (Å²) in [6.07, 6.45) is 0.767. The first-order valence-electron chi connectivity index (χ1n) is 9.83. The van der Waals surface area contributed by atoms with Crippen LogP contribution >= 0.6 is 0 Å². The molecule has 29 heavy (non-hydrogen) atoms. The van der Waals surface area contributed by atoms with Gasteiger partial charge in [0.25, 0.3) is 5.69 Å². The number of benzene rings is 2. The van der Waals surface area contributed by atoms with Crippen molar-refractivity contribution in [2.24, 2.45) is 0 Å². The molecule has 1 fully saturated rings. The maximum absolute atomic E-state index is 12.6. The van der Waals surface area contributed by atoms with E-state index in [0.29, 0.717) is 13.2 Å². The van der Waals surface area contributed by atoms with Gasteiger partial charge in [0.15, 0.2) is 0 Å². The van der Waals surface area contributed by atoms with Crippen LogP contribution in [0.5, 0.6) is 5.75 Å². The van der Waals surface area contributed by atoms with Crippen LogP contribution < -0.4 is 15.0 Å². The molecule has 0 saturated carbocycles. The molecule has 0 bridgehead atoms. The maximum atomic E-state index is 12.6. The van der Waals surface area contributed by atoms with E-state index in [9.17, 15) is 14.9 Å². The van der Waals surface area contributed by atoms with E-state index in [2.05, 4.69) is 15.1 Å². The Bertz CT molecular complexity index is 896. The monoisotopic (exact) mass is 396 g/mol. The molecule has 8 nitrogen and oxygen atoms in total. The summed E-state index contributed by atoms with van der Waals surface area (Å²) in [6.45, 7) is 3.89. The van der Waals surface area contributed by atoms with Gasteiger partial charge in [0.05, 0.1) is 24.1 Å². The third-order valence-electron chi connectivity index (χ3n) is 5.44. The summed E-state index contributed by atoms with van der Waals surface area (Å²) in [7, 11) is 0. The second-order valence-electron chi connectivity index (χ2n) is 7.34. The number of para-hydroxylation sites is 1. The van der Waals surface area contributed by atoms with Crippen molar-refractivity contribution in [3.8, 4) is 5.75 Å². The van der Waals surface area contributed by atoms with E-state index >= 15 is 0 Å². The summed E-state index contributed by atoms with van der Waals surface area (Å²) < 4.78 is 5.65. The first-order chi connectivity index (χ1) is 14.1. The average Bonchev–Trinajstić information content (AvgIpc) is 2.74. The number of anilines is 1. The lowest BCUT2D eigenvalue weighted by Crippen LogP contribution is -2.50. The minimum atomic E-state index is -0.376. The van der Waals surface area contributed by atoms with E-state index in [4.69, 9.17) is 4.74 Å². The second kappa shape index (κ2) is 8.48. The summed E-state index contributed by atoms with van der Waals surface area (Å²) in [4.78, 5) is 27.4. The molecule has 2 aromatic rings. The number of amides is 1. The summed E-state index contributed by atoms with van der Waals surface area (Å²) in [5, 5.41) is 14.1. The first kappa shape index (κ1) is 19.2. The van der Waals surface area contributed by atoms with Crippen LogP contribution in [0.25, 0.3) is 0 Å². The molecule has 2 aliphatic heterocycles. The highest BCUT2D eigenvalue weighted by Gasteiger charge is 2.25. The van der Waals surface area contributed by atoms with E-state index in [-0.39, 0.29) is 22.6 Å². The zero-order chi connectivity index (χ0) is 20.2. The molecule has 8 heteroatoms. The third kappa shape index (κ3) is 4.48. The minimum absolute atomic E-state index is 0.00972. The molecule has 0 aromatic heterocycles. The summed E-state index contributed by atoms with van der Waals surface area (Å²) in [5.41, 5.74) is 1.98. The first-order valence-corrected chi connectivity index (χ1v) is 9.83. The number of nitro benzene ring substituents is 1. The highest BCUT2D eigenvalue weighted by Crippen LogP contribution is 2.31. The largest absolute Gasteiger partial charge is 0.493 e. The van der Waals surface area contributed by atoms with Gasteiger partial charge in [-0.05, 0) is 12.1 Å². The molecule has 0 aliphatic carbocycles. The van der Waals surface area contributed by atoms with E-state index < -0.39 is 0 Å². The third-order valence-corrected chi connectivity index (χ3v) is 5.44. The van der Waals surface area contributed by atoms with Crippen LogP contribution in [0.2, 0.25) is 0 Å². The predicted octanol–water partition coefficient (Wildman–Crippen LogP) is 2.36. The van der Waals surface area contributed by atoms with Crippen LogP contribution in [0.15, 0.2) is 48.5 Å². The smallest absolute Gasteiger partial charge is 0.271 e. The Morgan fingerprint density at radius 1 is 1.14 bits per heavy atom. The van der Waals surface area contributed by atoms with Crippen LogP contribution in [-0.2, 0) is 4.79 Å². The van der Waals surface area contributed by atoms with E-state index in [1.807, 2.05) is 30.3 Å². The molecular weight excluding hydrogens is 372 g/mol. The Hall–Kier alpha value is -3.13. The Morgan fingerprint density at radius 2 is 1.93 bits per heavy atom. The van der Waals surface area contributed by atoms with Crippen molar-refractivity contribution in [2.45, 2.75) is 12.5 Å². The van der Waals surface area contributed by atoms with Crippen LogP contribution in [0.3, 0.4) is 0 Å². The van der Waals surface area contributed by atoms with Crippen molar-refractivity contribution in [1.29, 1.82) is 0 Å². The van der Waals surface area contributed by atoms with Gasteiger partial charge in [-0.1, -0.05) is 24.3 Å². The number of hydrogen-bond acceptors (Lipinski definition) is 6. The Kier molecular flexibility index (Phi) is 5.62. The number of carbonyl (C=O) groups is 1. The average molecular weight is 396 g/mol. The Morgan fingerprint density at radius 3 is 2.72 bits per heavy atom. The number of fused-ring (bicyclic) bond motifs is 1. The zero-order valence-electron chi connectivity index (χ0n) is 16.1. The molecule has 0 radical (unpaired) electrons. The zero-order valence-corrected chi connectivity index (χ0v) is 16.1. The minimum Gasteiger partial charge on any atom is -0.493 e. The van der Waals surface area contributed by atoms with Gasteiger partial charge in [0, 0.05) is 56.0 Å². The highest BCUT2D eigenvalue weighted by atomic mass is 16.6. The number of nitrogens with zero attached hydrogens (tertiary/aromatic N) is 3. The number of nitrogens with one attached hydrogen (secondary N) is 1. The van der Waals surface area contributed by atoms with Gasteiger partial charge in [-0.25, -0.2) is 0 Å². The lowest BCUT2D eigenvalue weighted by Gasteiger charge is -2.36. The molecule has 1 atom stereocenters. The van der Waals surface area contributed by atoms with Gasteiger partial charge in [-0.3, -0.25) is 19.8 Å². The van der Waals surface area contributed by atoms with E-state index in [1.54, 1.807) is 12.1 Å². The molecule has 2 aromatic carbocycles. The van der Waals surface area contributed by atoms with Crippen molar-refractivity contribution < 1.29 is 14.5 Å². The van der Waals surface area contributed by atoms with Crippen molar-refractivity contribution in [3.63, 3.8) is 0 Å². The van der Waals surface area contributed by atoms with Crippen molar-refractivity contribution in [3.05, 3.63) is 64.2 Å². The normalized spacial score (nSPS) is 19.2. The van der Waals surface area contributed by atoms with Crippen LogP contribution in [0.1, 0.15) is 18.0 Å². The molecule has 1 N–H and O–H groups in total. The SMILES string of the molecule is O=C(CN1CCN(c2cccc([N+](=O)[O-])c2)CC1)NC1CCOc2ccccc21. The quantitative estimate of drug-likeness (QED) is 0.617. The van der Waals surface area contributed by atoms with Gasteiger partial charge in [0.2, 0.25) is 5.91 Å². The molecule has 2 aliphatic rings. The summed E-state index contributed by atoms with van der Waals surface area (Å²) >= 11 is 0. The molecule has 1 amide bonds. The summed E-state index contributed by atoms with van der Waals surface area (Å²) in [5.74, 6) is 0.852. The molecule has 152 valence electrons. The van der Waals surface area contributed by atoms with Crippen LogP contribution in [-0.4, -0.2) is 55.1 Å². The lowest BCUT2D eigenvalue weighted by molar-refractivity contribution is -0.384. The molecule has 2 heterocycles. The molecular formula is C21H24N4O4. The van der Waals surface area contributed by atoms with Gasteiger partial charge in [-0.15, -0.1) is 0 Å². The number of non-ortho nitro benzene ring substituents is 1. The molecule has 1 saturated heterocycles. The molecule has 4 rings (SSSR count). The lowest BCUT2D eigenvalue weighted by atomic mass is 10.0. The fourth-order valence-corrected chi connectivity index (χ4v) is 3.90. The number of piperazine rings is 1. The van der Waals surface area contributed by atoms with Crippen molar-refractivity contribution >= 4 is 17.3 Å². The van der Waals surface area contributed by atoms with E-state index in [0.717, 1.165) is 49.6 Å². The Labute approximate surface area is 169 Å². The van der Waals surface area contributed by atoms with Gasteiger partial charge >= 0.3 is 0 Å². The fourth-order valence-electron chi connectivity index (χ4n) is 3.90. The topological polar surface area (TPSA) is 88.0 Å². The Balaban J connectivity index is 1.29. The number of hydrogen-bond donors (Lipinski definition) is 1. The maximum Gasteiger partial charge on any atom is 0.271 e. The van der Waals surface area contributed by atoms with Crippen molar-refractivity contribution in [2.75, 3.05) is 44.2 Å². The van der Waals surface area contributed by atoms with Crippen LogP contribution in [0, 0.1) is 10.1 Å². The van der Waals surface area contributed by atoms with Crippen molar-refractivity contribution in [1.82, 2.24) is 10.2 Å². The summed E-state index contributed by atoms with van der Waals surface area (Å²) in [6, 6.07) is 14.5. The van der Waals surface area contributed by atoms with Gasteiger partial charge in [0.1, 0.15) is 5.75 Å². The number of carbonyl (C=O) groups excluding carboxylic acids is 1. The van der Waals surface area contributed by atoms with E-state index in [1.165, 1.54) is 6.07 Å². The number of ether oxygens (including phenoxy) is 1. The standard InChI is InChI=1S/C21H24N4O4/c26-21(22-19-8-13-29-20-7-2-1-6-18(19)20)15-23-9-11-24(12-10-23)16-4-3-5-17(14-16)25(27)28/h1-7,14,19H,8-13,15H2,(H,22,26). The number of nitro groups is 1. The van der Waals surface area contributed by atoms with Gasteiger partial charge in [-0.2, -0.15) is 0 Å². The second-order valence-corrected chi connectivity index (χ2v) is 7.34. The molecule has 1 unspecified atom stereocenters. The fraction of sp³-hybridized carbons (Fsp3) is 0.381.